The summed E-state index contributed by atoms with van der Waals surface area (Å²) in [6.45, 7) is 6.02. The summed E-state index contributed by atoms with van der Waals surface area (Å²) < 4.78 is 0. The predicted octanol–water partition coefficient (Wildman–Crippen LogP) is 3.56. The number of rotatable bonds is 6. The first-order chi connectivity index (χ1) is 14.7. The molecule has 0 bridgehead atoms. The number of hydrogen-bond donors (Lipinski definition) is 0. The molecule has 2 aromatic rings. The Kier molecular flexibility index (Phi) is 6.26. The van der Waals surface area contributed by atoms with Gasteiger partial charge in [-0.15, -0.1) is 6.58 Å². The molecule has 2 amide bonds. The van der Waals surface area contributed by atoms with Crippen LogP contribution in [-0.2, 0) is 16.0 Å². The maximum atomic E-state index is 13.2. The molecule has 156 valence electrons. The highest BCUT2D eigenvalue weighted by Gasteiger charge is 2.35. The van der Waals surface area contributed by atoms with Gasteiger partial charge in [0.25, 0.3) is 0 Å². The van der Waals surface area contributed by atoms with Crippen molar-refractivity contribution in [2.75, 3.05) is 26.2 Å². The van der Waals surface area contributed by atoms with Crippen LogP contribution in [0.3, 0.4) is 0 Å². The molecule has 2 heterocycles. The van der Waals surface area contributed by atoms with E-state index in [-0.39, 0.29) is 23.7 Å². The lowest BCUT2D eigenvalue weighted by Crippen LogP contribution is -2.42. The average Bonchev–Trinajstić information content (AvgIpc) is 2.88. The monoisotopic (exact) mass is 403 g/mol. The lowest BCUT2D eigenvalue weighted by Gasteiger charge is -2.31. The van der Waals surface area contributed by atoms with E-state index >= 15 is 0 Å². The van der Waals surface area contributed by atoms with Gasteiger partial charge in [-0.2, -0.15) is 0 Å². The second-order valence-corrected chi connectivity index (χ2v) is 8.32. The molecule has 30 heavy (non-hydrogen) atoms. The first-order valence-electron chi connectivity index (χ1n) is 10.8. The number of hydrogen-bond acceptors (Lipinski definition) is 3. The van der Waals surface area contributed by atoms with E-state index in [0.717, 1.165) is 36.0 Å². The Bertz CT molecular complexity index is 908. The van der Waals surface area contributed by atoms with E-state index in [4.69, 9.17) is 0 Å². The molecule has 2 aliphatic rings. The van der Waals surface area contributed by atoms with Crippen LogP contribution in [0, 0.1) is 11.8 Å². The van der Waals surface area contributed by atoms with Crippen LogP contribution in [0.25, 0.3) is 11.1 Å². The quantitative estimate of drug-likeness (QED) is 0.693. The number of carbonyl (C=O) groups excluding carboxylic acids is 2. The molecule has 0 unspecified atom stereocenters. The van der Waals surface area contributed by atoms with Crippen molar-refractivity contribution in [1.29, 1.82) is 0 Å². The number of aromatic nitrogens is 1. The first-order valence-corrected chi connectivity index (χ1v) is 10.8. The maximum absolute atomic E-state index is 13.2. The largest absolute Gasteiger partial charge is 0.340 e. The number of amides is 2. The smallest absolute Gasteiger partial charge is 0.228 e. The van der Waals surface area contributed by atoms with E-state index in [1.165, 1.54) is 0 Å². The molecule has 1 saturated carbocycles. The van der Waals surface area contributed by atoms with Crippen molar-refractivity contribution in [1.82, 2.24) is 14.8 Å². The van der Waals surface area contributed by atoms with Gasteiger partial charge in [0, 0.05) is 44.5 Å². The topological polar surface area (TPSA) is 53.5 Å². The van der Waals surface area contributed by atoms with E-state index in [1.54, 1.807) is 18.5 Å². The minimum Gasteiger partial charge on any atom is -0.340 e. The summed E-state index contributed by atoms with van der Waals surface area (Å²) in [6, 6.07) is 12.3. The van der Waals surface area contributed by atoms with Gasteiger partial charge in [-0.1, -0.05) is 36.8 Å². The summed E-state index contributed by atoms with van der Waals surface area (Å²) >= 11 is 0. The standard InChI is InChI=1S/C25H29N3O2/c1-2-13-27-14-15-28(24(29)21-6-4-7-21)18-23(25(27)30)17-19-5-3-8-22(16-19)20-9-11-26-12-10-20/h2-3,5,8-12,16,21,23H,1,4,6-7,13-15,17-18H2/t23-/m1/s1. The lowest BCUT2D eigenvalue weighted by atomic mass is 9.84. The molecule has 5 heteroatoms. The van der Waals surface area contributed by atoms with Crippen molar-refractivity contribution < 1.29 is 9.59 Å². The SMILES string of the molecule is C=CCN1CCN(C(=O)C2CCC2)C[C@@H](Cc2cccc(-c3ccncc3)c2)C1=O. The van der Waals surface area contributed by atoms with Crippen molar-refractivity contribution in [2.24, 2.45) is 11.8 Å². The Hall–Kier alpha value is -2.95. The van der Waals surface area contributed by atoms with Crippen LogP contribution in [0.4, 0.5) is 0 Å². The number of carbonyl (C=O) groups is 2. The molecular weight excluding hydrogens is 374 g/mol. The second-order valence-electron chi connectivity index (χ2n) is 8.32. The van der Waals surface area contributed by atoms with Crippen molar-refractivity contribution >= 4 is 11.8 Å². The molecule has 2 fully saturated rings. The molecule has 1 atom stereocenters. The molecule has 1 aliphatic carbocycles. The van der Waals surface area contributed by atoms with Gasteiger partial charge in [0.1, 0.15) is 0 Å². The van der Waals surface area contributed by atoms with Gasteiger partial charge in [-0.05, 0) is 48.1 Å². The number of benzene rings is 1. The Morgan fingerprint density at radius 2 is 1.93 bits per heavy atom. The highest BCUT2D eigenvalue weighted by atomic mass is 16.2. The third kappa shape index (κ3) is 4.45. The van der Waals surface area contributed by atoms with E-state index in [1.807, 2.05) is 28.0 Å². The molecule has 0 spiro atoms. The highest BCUT2D eigenvalue weighted by molar-refractivity contribution is 5.83. The fraction of sp³-hybridized carbons (Fsp3) is 0.400. The molecule has 0 radical (unpaired) electrons. The molecule has 0 N–H and O–H groups in total. The Morgan fingerprint density at radius 1 is 1.13 bits per heavy atom. The predicted molar refractivity (Wildman–Crippen MR) is 118 cm³/mol. The molecule has 1 saturated heterocycles. The Labute approximate surface area is 178 Å². The van der Waals surface area contributed by atoms with Crippen LogP contribution in [0.5, 0.6) is 0 Å². The maximum Gasteiger partial charge on any atom is 0.228 e. The lowest BCUT2D eigenvalue weighted by molar-refractivity contribution is -0.138. The summed E-state index contributed by atoms with van der Waals surface area (Å²) in [5.74, 6) is 0.268. The number of pyridine rings is 1. The zero-order valence-electron chi connectivity index (χ0n) is 17.4. The zero-order chi connectivity index (χ0) is 20.9. The van der Waals surface area contributed by atoms with Crippen LogP contribution < -0.4 is 0 Å². The minimum atomic E-state index is -0.232. The zero-order valence-corrected chi connectivity index (χ0v) is 17.4. The number of nitrogens with zero attached hydrogens (tertiary/aromatic N) is 3. The van der Waals surface area contributed by atoms with Crippen LogP contribution in [-0.4, -0.2) is 52.8 Å². The third-order valence-corrected chi connectivity index (χ3v) is 6.28. The van der Waals surface area contributed by atoms with Crippen LogP contribution >= 0.6 is 0 Å². The first kappa shape index (κ1) is 20.3. The van der Waals surface area contributed by atoms with E-state index in [9.17, 15) is 9.59 Å². The van der Waals surface area contributed by atoms with E-state index in [0.29, 0.717) is 32.6 Å². The van der Waals surface area contributed by atoms with E-state index < -0.39 is 0 Å². The van der Waals surface area contributed by atoms with Crippen LogP contribution in [0.2, 0.25) is 0 Å². The summed E-state index contributed by atoms with van der Waals surface area (Å²) in [5, 5.41) is 0. The van der Waals surface area contributed by atoms with Gasteiger partial charge in [0.05, 0.1) is 5.92 Å². The molecule has 4 rings (SSSR count). The third-order valence-electron chi connectivity index (χ3n) is 6.28. The molecule has 1 aromatic heterocycles. The van der Waals surface area contributed by atoms with Crippen molar-refractivity contribution in [3.05, 3.63) is 67.0 Å². The van der Waals surface area contributed by atoms with Gasteiger partial charge in [-0.25, -0.2) is 0 Å². The van der Waals surface area contributed by atoms with Gasteiger partial charge in [-0.3, -0.25) is 14.6 Å². The summed E-state index contributed by atoms with van der Waals surface area (Å²) in [5.41, 5.74) is 3.33. The van der Waals surface area contributed by atoms with Crippen LogP contribution in [0.1, 0.15) is 24.8 Å². The summed E-state index contributed by atoms with van der Waals surface area (Å²) in [4.78, 5) is 34.0. The fourth-order valence-electron chi connectivity index (χ4n) is 4.35. The second kappa shape index (κ2) is 9.24. The van der Waals surface area contributed by atoms with Crippen molar-refractivity contribution in [2.45, 2.75) is 25.7 Å². The van der Waals surface area contributed by atoms with Gasteiger partial charge >= 0.3 is 0 Å². The molecule has 5 nitrogen and oxygen atoms in total. The van der Waals surface area contributed by atoms with Crippen molar-refractivity contribution in [3.63, 3.8) is 0 Å². The fourth-order valence-corrected chi connectivity index (χ4v) is 4.35. The van der Waals surface area contributed by atoms with Gasteiger partial charge < -0.3 is 9.80 Å². The summed E-state index contributed by atoms with van der Waals surface area (Å²) in [6.07, 6.45) is 9.07. The molecule has 1 aromatic carbocycles. The Balaban J connectivity index is 1.55. The van der Waals surface area contributed by atoms with Crippen molar-refractivity contribution in [3.8, 4) is 11.1 Å². The minimum absolute atomic E-state index is 0.119. The molecule has 1 aliphatic heterocycles. The van der Waals surface area contributed by atoms with Crippen LogP contribution in [0.15, 0.2) is 61.4 Å². The highest BCUT2D eigenvalue weighted by Crippen LogP contribution is 2.30. The Morgan fingerprint density at radius 3 is 2.63 bits per heavy atom. The average molecular weight is 404 g/mol. The van der Waals surface area contributed by atoms with Gasteiger partial charge in [0.2, 0.25) is 11.8 Å². The normalized spacial score (nSPS) is 19.9. The molecular formula is C25H29N3O2. The summed E-state index contributed by atoms with van der Waals surface area (Å²) in [7, 11) is 0. The van der Waals surface area contributed by atoms with E-state index in [2.05, 4.69) is 29.8 Å². The van der Waals surface area contributed by atoms with Gasteiger partial charge in [0.15, 0.2) is 0 Å².